The molecule has 1 aromatic carbocycles. The summed E-state index contributed by atoms with van der Waals surface area (Å²) >= 11 is 0. The van der Waals surface area contributed by atoms with Gasteiger partial charge in [-0.1, -0.05) is 50.3 Å². The number of carbonyl (C=O) groups is 2. The first-order chi connectivity index (χ1) is 18.1. The van der Waals surface area contributed by atoms with Crippen LogP contribution in [0.4, 0.5) is 26.3 Å². The van der Waals surface area contributed by atoms with Crippen molar-refractivity contribution >= 4 is 11.8 Å². The number of rotatable bonds is 3. The second kappa shape index (κ2) is 8.99. The van der Waals surface area contributed by atoms with E-state index in [4.69, 9.17) is 0 Å². The van der Waals surface area contributed by atoms with Crippen LogP contribution < -0.4 is 5.32 Å². The van der Waals surface area contributed by atoms with E-state index in [-0.39, 0.29) is 41.5 Å². The molecule has 4 aliphatic rings. The van der Waals surface area contributed by atoms with Crippen molar-refractivity contribution in [3.63, 3.8) is 0 Å². The van der Waals surface area contributed by atoms with Gasteiger partial charge in [-0.2, -0.15) is 26.3 Å². The largest absolute Gasteiger partial charge is 0.424 e. The summed E-state index contributed by atoms with van der Waals surface area (Å²) in [7, 11) is 1.80. The van der Waals surface area contributed by atoms with E-state index in [1.165, 1.54) is 11.4 Å². The summed E-state index contributed by atoms with van der Waals surface area (Å²) < 4.78 is 86.1. The highest BCUT2D eigenvalue weighted by atomic mass is 19.4. The van der Waals surface area contributed by atoms with Crippen LogP contribution >= 0.6 is 0 Å². The molecule has 2 unspecified atom stereocenters. The SMILES string of the molecule is CN1C(=O)C=C[C@@]2(C)C1CC[C@@H]1[C@H]2CC[C@]2(C)C(C(=O)NC(c3ccccc3)(C(F)(F)F)C(F)(F)F)CC[C@@H]12. The van der Waals surface area contributed by atoms with Gasteiger partial charge in [0, 0.05) is 24.4 Å². The van der Waals surface area contributed by atoms with E-state index < -0.39 is 40.7 Å². The summed E-state index contributed by atoms with van der Waals surface area (Å²) in [6.07, 6.45) is -4.38. The van der Waals surface area contributed by atoms with Crippen LogP contribution in [0.1, 0.15) is 57.9 Å². The predicted octanol–water partition coefficient (Wildman–Crippen LogP) is 6.38. The molecule has 0 radical (unpaired) electrons. The average Bonchev–Trinajstić information content (AvgIpc) is 3.21. The maximum absolute atomic E-state index is 14.3. The van der Waals surface area contributed by atoms with Crippen LogP contribution in [-0.4, -0.2) is 42.2 Å². The number of hydrogen-bond donors (Lipinski definition) is 1. The zero-order chi connectivity index (χ0) is 28.6. The van der Waals surface area contributed by atoms with Gasteiger partial charge in [0.25, 0.3) is 5.54 Å². The Morgan fingerprint density at radius 1 is 0.923 bits per heavy atom. The van der Waals surface area contributed by atoms with Crippen LogP contribution in [0.25, 0.3) is 0 Å². The lowest BCUT2D eigenvalue weighted by Crippen LogP contribution is -2.66. The number of fused-ring (bicyclic) bond motifs is 5. The van der Waals surface area contributed by atoms with Gasteiger partial charge >= 0.3 is 12.4 Å². The molecule has 1 heterocycles. The van der Waals surface area contributed by atoms with Crippen molar-refractivity contribution in [3.8, 4) is 0 Å². The molecule has 0 spiro atoms. The van der Waals surface area contributed by atoms with Crippen molar-refractivity contribution < 1.29 is 35.9 Å². The number of hydrogen-bond acceptors (Lipinski definition) is 2. The van der Waals surface area contributed by atoms with Gasteiger partial charge in [-0.15, -0.1) is 0 Å². The number of amides is 2. The molecular weight excluding hydrogens is 522 g/mol. The molecule has 0 aromatic heterocycles. The van der Waals surface area contributed by atoms with Gasteiger partial charge in [0.2, 0.25) is 11.8 Å². The van der Waals surface area contributed by atoms with E-state index in [9.17, 15) is 35.9 Å². The Bertz CT molecular complexity index is 1150. The van der Waals surface area contributed by atoms with E-state index in [0.29, 0.717) is 19.3 Å². The maximum atomic E-state index is 14.3. The van der Waals surface area contributed by atoms with Gasteiger partial charge in [-0.3, -0.25) is 9.59 Å². The first-order valence-electron chi connectivity index (χ1n) is 13.5. The molecule has 1 aliphatic heterocycles. The second-order valence-corrected chi connectivity index (χ2v) is 12.4. The van der Waals surface area contributed by atoms with Crippen LogP contribution in [0, 0.1) is 34.5 Å². The smallest absolute Gasteiger partial charge is 0.338 e. The third-order valence-electron chi connectivity index (χ3n) is 10.8. The molecule has 5 rings (SSSR count). The number of alkyl halides is 6. The predicted molar refractivity (Wildman–Crippen MR) is 132 cm³/mol. The van der Waals surface area contributed by atoms with Gasteiger partial charge in [0.15, 0.2) is 0 Å². The van der Waals surface area contributed by atoms with Crippen LogP contribution in [0.3, 0.4) is 0 Å². The Morgan fingerprint density at radius 2 is 1.56 bits per heavy atom. The molecule has 7 atom stereocenters. The summed E-state index contributed by atoms with van der Waals surface area (Å²) in [6.45, 7) is 4.02. The molecule has 3 aliphatic carbocycles. The molecule has 3 fully saturated rings. The van der Waals surface area contributed by atoms with Crippen LogP contribution in [0.2, 0.25) is 0 Å². The number of benzene rings is 1. The molecule has 3 saturated carbocycles. The van der Waals surface area contributed by atoms with Crippen LogP contribution in [-0.2, 0) is 15.1 Å². The lowest BCUT2D eigenvalue weighted by molar-refractivity contribution is -0.312. The van der Waals surface area contributed by atoms with Crippen molar-refractivity contribution in [2.75, 3.05) is 7.05 Å². The minimum Gasteiger partial charge on any atom is -0.338 e. The van der Waals surface area contributed by atoms with Crippen molar-refractivity contribution in [2.45, 2.75) is 76.3 Å². The van der Waals surface area contributed by atoms with Gasteiger partial charge in [0.1, 0.15) is 0 Å². The molecule has 1 N–H and O–H groups in total. The fourth-order valence-electron chi connectivity index (χ4n) is 8.83. The number of carbonyl (C=O) groups excluding carboxylic acids is 2. The van der Waals surface area contributed by atoms with E-state index in [1.54, 1.807) is 18.0 Å². The highest BCUT2D eigenvalue weighted by Gasteiger charge is 2.73. The topological polar surface area (TPSA) is 49.4 Å². The number of nitrogens with one attached hydrogen (secondary N) is 1. The first-order valence-corrected chi connectivity index (χ1v) is 13.5. The standard InChI is InChI=1S/C29H34F6N2O2/c1-25-15-13-20-18(9-12-22-26(20,2)16-14-23(38)37(22)3)19(25)10-11-21(25)24(39)36-27(28(30,31)32,29(33,34)35)17-7-5-4-6-8-17/h4-8,14,16,18-22H,9-13,15H2,1-3H3,(H,36,39)/t18-,19-,20+,21?,22?,25-,26+/m0/s1. The molecular formula is C29H34F6N2O2. The average molecular weight is 557 g/mol. The van der Waals surface area contributed by atoms with Crippen molar-refractivity contribution in [1.82, 2.24) is 10.2 Å². The molecule has 0 saturated heterocycles. The summed E-state index contributed by atoms with van der Waals surface area (Å²) in [5.74, 6) is -1.79. The summed E-state index contributed by atoms with van der Waals surface area (Å²) in [5.41, 5.74) is -6.54. The van der Waals surface area contributed by atoms with Crippen LogP contribution in [0.5, 0.6) is 0 Å². The summed E-state index contributed by atoms with van der Waals surface area (Å²) in [4.78, 5) is 27.6. The second-order valence-electron chi connectivity index (χ2n) is 12.4. The lowest BCUT2D eigenvalue weighted by atomic mass is 9.47. The minimum atomic E-state index is -5.80. The Hall–Kier alpha value is -2.52. The zero-order valence-electron chi connectivity index (χ0n) is 22.2. The first kappa shape index (κ1) is 28.0. The Labute approximate surface area is 224 Å². The molecule has 0 bridgehead atoms. The van der Waals surface area contributed by atoms with Gasteiger partial charge in [-0.05, 0) is 73.3 Å². The summed E-state index contributed by atoms with van der Waals surface area (Å²) in [6, 6.07) is 5.08. The normalized spacial score (nSPS) is 36.7. The van der Waals surface area contributed by atoms with E-state index in [1.807, 2.05) is 13.0 Å². The van der Waals surface area contributed by atoms with E-state index in [0.717, 1.165) is 37.1 Å². The quantitative estimate of drug-likeness (QED) is 0.440. The molecule has 39 heavy (non-hydrogen) atoms. The molecule has 1 aromatic rings. The van der Waals surface area contributed by atoms with Gasteiger partial charge in [0.05, 0.1) is 0 Å². The van der Waals surface area contributed by atoms with Crippen molar-refractivity contribution in [1.29, 1.82) is 0 Å². The highest BCUT2D eigenvalue weighted by Crippen LogP contribution is 2.65. The number of halogens is 6. The van der Waals surface area contributed by atoms with E-state index >= 15 is 0 Å². The highest BCUT2D eigenvalue weighted by molar-refractivity contribution is 5.89. The Balaban J connectivity index is 1.45. The number of nitrogens with zero attached hydrogens (tertiary/aromatic N) is 1. The Kier molecular flexibility index (Phi) is 6.46. The van der Waals surface area contributed by atoms with Gasteiger partial charge < -0.3 is 10.2 Å². The Morgan fingerprint density at radius 3 is 2.18 bits per heavy atom. The fourth-order valence-corrected chi connectivity index (χ4v) is 8.83. The maximum Gasteiger partial charge on any atom is 0.424 e. The minimum absolute atomic E-state index is 0.00371. The summed E-state index contributed by atoms with van der Waals surface area (Å²) in [5, 5.41) is 1.52. The third-order valence-corrected chi connectivity index (χ3v) is 10.8. The van der Waals surface area contributed by atoms with Gasteiger partial charge in [-0.25, -0.2) is 0 Å². The zero-order valence-corrected chi connectivity index (χ0v) is 22.2. The molecule has 214 valence electrons. The number of likely N-dealkylation sites (N-methyl/N-ethyl adjacent to an activating group) is 1. The monoisotopic (exact) mass is 556 g/mol. The fraction of sp³-hybridized carbons (Fsp3) is 0.655. The van der Waals surface area contributed by atoms with Crippen molar-refractivity contribution in [2.24, 2.45) is 34.5 Å². The third kappa shape index (κ3) is 3.94. The molecule has 10 heteroatoms. The molecule has 2 amide bonds. The van der Waals surface area contributed by atoms with E-state index in [2.05, 4.69) is 6.92 Å². The van der Waals surface area contributed by atoms with Crippen molar-refractivity contribution in [3.05, 3.63) is 48.0 Å². The molecule has 4 nitrogen and oxygen atoms in total. The van der Waals surface area contributed by atoms with Crippen LogP contribution in [0.15, 0.2) is 42.5 Å². The lowest BCUT2D eigenvalue weighted by Gasteiger charge is -2.60.